The highest BCUT2D eigenvalue weighted by atomic mass is 79.9. The van der Waals surface area contributed by atoms with Gasteiger partial charge in [0.1, 0.15) is 0 Å². The lowest BCUT2D eigenvalue weighted by molar-refractivity contribution is 0.0696. The fourth-order valence-electron chi connectivity index (χ4n) is 1.49. The summed E-state index contributed by atoms with van der Waals surface area (Å²) in [7, 11) is 0. The maximum Gasteiger partial charge on any atom is 0.335 e. The Balaban J connectivity index is 2.64. The molecular weight excluding hydrogens is 286 g/mol. The Morgan fingerprint density at radius 3 is 2.59 bits per heavy atom. The van der Waals surface area contributed by atoms with E-state index in [1.165, 1.54) is 6.07 Å². The van der Waals surface area contributed by atoms with Gasteiger partial charge in [-0.1, -0.05) is 34.1 Å². The molecule has 0 atom stereocenters. The van der Waals surface area contributed by atoms with Crippen molar-refractivity contribution in [3.8, 4) is 11.3 Å². The number of carboxylic acid groups (broad SMARTS) is 1. The van der Waals surface area contributed by atoms with Gasteiger partial charge in [0.25, 0.3) is 0 Å². The molecule has 1 aromatic heterocycles. The van der Waals surface area contributed by atoms with Crippen molar-refractivity contribution in [2.24, 2.45) is 0 Å². The molecule has 1 aromatic carbocycles. The van der Waals surface area contributed by atoms with E-state index in [1.807, 2.05) is 18.2 Å². The van der Waals surface area contributed by atoms with E-state index in [2.05, 4.69) is 20.9 Å². The molecule has 0 spiro atoms. The number of carboxylic acids is 1. The predicted octanol–water partition coefficient (Wildman–Crippen LogP) is 2.50. The van der Waals surface area contributed by atoms with Crippen LogP contribution in [0.5, 0.6) is 0 Å². The standard InChI is InChI=1S/C12H8BrNO3/c13-9-4-2-1-3-8(9)10-5-7(12(16)17)6-11(15)14-10/h1-6H,(H,14,15)(H,16,17). The number of aromatic nitrogens is 1. The molecule has 5 heteroatoms. The van der Waals surface area contributed by atoms with Gasteiger partial charge in [-0.05, 0) is 12.1 Å². The second-order valence-electron chi connectivity index (χ2n) is 3.43. The highest BCUT2D eigenvalue weighted by Gasteiger charge is 2.09. The van der Waals surface area contributed by atoms with Crippen molar-refractivity contribution < 1.29 is 9.90 Å². The van der Waals surface area contributed by atoms with E-state index in [1.54, 1.807) is 6.07 Å². The van der Waals surface area contributed by atoms with Crippen LogP contribution in [-0.4, -0.2) is 16.1 Å². The number of pyridine rings is 1. The summed E-state index contributed by atoms with van der Waals surface area (Å²) >= 11 is 3.35. The van der Waals surface area contributed by atoms with Crippen molar-refractivity contribution in [1.82, 2.24) is 4.98 Å². The molecule has 4 nitrogen and oxygen atoms in total. The second kappa shape index (κ2) is 4.55. The van der Waals surface area contributed by atoms with Crippen molar-refractivity contribution in [3.05, 3.63) is 56.8 Å². The van der Waals surface area contributed by atoms with Crippen LogP contribution in [0.1, 0.15) is 10.4 Å². The van der Waals surface area contributed by atoms with Crippen molar-refractivity contribution >= 4 is 21.9 Å². The summed E-state index contributed by atoms with van der Waals surface area (Å²) in [5, 5.41) is 8.89. The Kier molecular flexibility index (Phi) is 3.10. The highest BCUT2D eigenvalue weighted by molar-refractivity contribution is 9.10. The molecule has 0 amide bonds. The Labute approximate surface area is 105 Å². The van der Waals surface area contributed by atoms with Gasteiger partial charge in [-0.2, -0.15) is 0 Å². The first-order valence-electron chi connectivity index (χ1n) is 4.80. The summed E-state index contributed by atoms with van der Waals surface area (Å²) in [5.41, 5.74) is 0.755. The third-order valence-corrected chi connectivity index (χ3v) is 2.95. The number of hydrogen-bond acceptors (Lipinski definition) is 2. The maximum atomic E-state index is 11.4. The Hall–Kier alpha value is -1.88. The molecular formula is C12H8BrNO3. The number of H-pyrrole nitrogens is 1. The van der Waals surface area contributed by atoms with E-state index in [4.69, 9.17) is 5.11 Å². The maximum absolute atomic E-state index is 11.4. The summed E-state index contributed by atoms with van der Waals surface area (Å²) in [6.45, 7) is 0. The third kappa shape index (κ3) is 2.45. The minimum Gasteiger partial charge on any atom is -0.478 e. The molecule has 0 fully saturated rings. The van der Waals surface area contributed by atoms with Gasteiger partial charge >= 0.3 is 5.97 Å². The molecule has 2 rings (SSSR count). The number of hydrogen-bond donors (Lipinski definition) is 2. The van der Waals surface area contributed by atoms with Crippen LogP contribution in [0.15, 0.2) is 45.7 Å². The van der Waals surface area contributed by atoms with Gasteiger partial charge in [0.15, 0.2) is 0 Å². The number of rotatable bonds is 2. The molecule has 0 bridgehead atoms. The average molecular weight is 294 g/mol. The second-order valence-corrected chi connectivity index (χ2v) is 4.29. The van der Waals surface area contributed by atoms with Gasteiger partial charge in [0, 0.05) is 16.1 Å². The molecule has 1 heterocycles. The summed E-state index contributed by atoms with van der Waals surface area (Å²) in [6.07, 6.45) is 0. The van der Waals surface area contributed by atoms with Gasteiger partial charge in [-0.3, -0.25) is 4.79 Å². The normalized spacial score (nSPS) is 10.2. The molecule has 0 aliphatic rings. The fourth-order valence-corrected chi connectivity index (χ4v) is 1.99. The van der Waals surface area contributed by atoms with Gasteiger partial charge in [0.2, 0.25) is 5.56 Å². The van der Waals surface area contributed by atoms with Crippen molar-refractivity contribution in [2.45, 2.75) is 0 Å². The van der Waals surface area contributed by atoms with Crippen LogP contribution in [-0.2, 0) is 0 Å². The van der Waals surface area contributed by atoms with Crippen LogP contribution in [0.4, 0.5) is 0 Å². The van der Waals surface area contributed by atoms with Crippen LogP contribution >= 0.6 is 15.9 Å². The van der Waals surface area contributed by atoms with E-state index in [0.717, 1.165) is 16.1 Å². The summed E-state index contributed by atoms with van der Waals surface area (Å²) in [6, 6.07) is 9.76. The van der Waals surface area contributed by atoms with Crippen molar-refractivity contribution in [3.63, 3.8) is 0 Å². The minimum atomic E-state index is -1.12. The minimum absolute atomic E-state index is 0.0282. The number of carbonyl (C=O) groups is 1. The number of nitrogens with one attached hydrogen (secondary N) is 1. The van der Waals surface area contributed by atoms with Crippen LogP contribution in [0.2, 0.25) is 0 Å². The fraction of sp³-hybridized carbons (Fsp3) is 0. The molecule has 2 aromatic rings. The van der Waals surface area contributed by atoms with E-state index in [9.17, 15) is 9.59 Å². The molecule has 0 radical (unpaired) electrons. The zero-order valence-corrected chi connectivity index (χ0v) is 10.2. The molecule has 0 saturated heterocycles. The van der Waals surface area contributed by atoms with Crippen LogP contribution in [0.3, 0.4) is 0 Å². The smallest absolute Gasteiger partial charge is 0.335 e. The molecule has 17 heavy (non-hydrogen) atoms. The first kappa shape index (κ1) is 11.6. The summed E-state index contributed by atoms with van der Waals surface area (Å²) < 4.78 is 0.790. The van der Waals surface area contributed by atoms with E-state index >= 15 is 0 Å². The molecule has 86 valence electrons. The lowest BCUT2D eigenvalue weighted by Gasteiger charge is -2.05. The van der Waals surface area contributed by atoms with E-state index in [0.29, 0.717) is 5.69 Å². The summed E-state index contributed by atoms with van der Waals surface area (Å²) in [4.78, 5) is 24.8. The van der Waals surface area contributed by atoms with Gasteiger partial charge in [0.05, 0.1) is 11.3 Å². The molecule has 0 aliphatic heterocycles. The zero-order chi connectivity index (χ0) is 12.4. The average Bonchev–Trinajstić information content (AvgIpc) is 2.28. The van der Waals surface area contributed by atoms with Gasteiger partial charge in [-0.15, -0.1) is 0 Å². The van der Waals surface area contributed by atoms with Crippen LogP contribution in [0, 0.1) is 0 Å². The van der Waals surface area contributed by atoms with Crippen LogP contribution in [0.25, 0.3) is 11.3 Å². The van der Waals surface area contributed by atoms with Gasteiger partial charge in [-0.25, -0.2) is 4.79 Å². The topological polar surface area (TPSA) is 70.2 Å². The number of benzene rings is 1. The lowest BCUT2D eigenvalue weighted by atomic mass is 10.1. The molecule has 2 N–H and O–H groups in total. The molecule has 0 aliphatic carbocycles. The predicted molar refractivity (Wildman–Crippen MR) is 67.2 cm³/mol. The first-order valence-corrected chi connectivity index (χ1v) is 5.60. The SMILES string of the molecule is O=C(O)c1cc(-c2ccccc2Br)[nH]c(=O)c1. The quantitative estimate of drug-likeness (QED) is 0.894. The van der Waals surface area contributed by atoms with Crippen molar-refractivity contribution in [2.75, 3.05) is 0 Å². The first-order chi connectivity index (χ1) is 8.08. The lowest BCUT2D eigenvalue weighted by Crippen LogP contribution is -2.10. The van der Waals surface area contributed by atoms with E-state index < -0.39 is 11.5 Å². The Bertz CT molecular complexity index is 634. The molecule has 0 saturated carbocycles. The number of halogens is 1. The largest absolute Gasteiger partial charge is 0.478 e. The molecule has 0 unspecified atom stereocenters. The van der Waals surface area contributed by atoms with Gasteiger partial charge < -0.3 is 10.1 Å². The van der Waals surface area contributed by atoms with Crippen LogP contribution < -0.4 is 5.56 Å². The Morgan fingerprint density at radius 1 is 1.24 bits per heavy atom. The third-order valence-electron chi connectivity index (χ3n) is 2.26. The summed E-state index contributed by atoms with van der Waals surface area (Å²) in [5.74, 6) is -1.12. The number of aromatic amines is 1. The highest BCUT2D eigenvalue weighted by Crippen LogP contribution is 2.25. The van der Waals surface area contributed by atoms with Crippen molar-refractivity contribution in [1.29, 1.82) is 0 Å². The van der Waals surface area contributed by atoms with E-state index in [-0.39, 0.29) is 5.56 Å². The number of aromatic carboxylic acids is 1. The Morgan fingerprint density at radius 2 is 1.94 bits per heavy atom. The monoisotopic (exact) mass is 293 g/mol. The zero-order valence-electron chi connectivity index (χ0n) is 8.61.